The van der Waals surface area contributed by atoms with Gasteiger partial charge in [0.2, 0.25) is 0 Å². The number of aryl methyl sites for hydroxylation is 1. The third kappa shape index (κ3) is 2.73. The van der Waals surface area contributed by atoms with E-state index in [0.29, 0.717) is 0 Å². The van der Waals surface area contributed by atoms with Crippen molar-refractivity contribution in [3.63, 3.8) is 0 Å². The van der Waals surface area contributed by atoms with Crippen molar-refractivity contribution in [2.75, 3.05) is 24.5 Å². The van der Waals surface area contributed by atoms with Crippen LogP contribution in [0.1, 0.15) is 19.4 Å². The van der Waals surface area contributed by atoms with Gasteiger partial charge in [-0.1, -0.05) is 0 Å². The van der Waals surface area contributed by atoms with Crippen molar-refractivity contribution in [3.8, 4) is 11.3 Å². The van der Waals surface area contributed by atoms with Crippen LogP contribution >= 0.6 is 0 Å². The number of hydrogen-bond donors (Lipinski definition) is 1. The average Bonchev–Trinajstić information content (AvgIpc) is 2.99. The van der Waals surface area contributed by atoms with Gasteiger partial charge in [-0.15, -0.1) is 5.10 Å². The molecular weight excluding hydrogens is 300 g/mol. The minimum atomic E-state index is 0.0972. The molecule has 0 aliphatic carbocycles. The lowest BCUT2D eigenvalue weighted by atomic mass is 10.0. The summed E-state index contributed by atoms with van der Waals surface area (Å²) >= 11 is 0. The van der Waals surface area contributed by atoms with Gasteiger partial charge in [0.1, 0.15) is 5.82 Å². The van der Waals surface area contributed by atoms with E-state index in [9.17, 15) is 0 Å². The Morgan fingerprint density at radius 3 is 2.75 bits per heavy atom. The van der Waals surface area contributed by atoms with Crippen LogP contribution in [0.25, 0.3) is 16.9 Å². The van der Waals surface area contributed by atoms with Crippen LogP contribution in [0.3, 0.4) is 0 Å². The highest BCUT2D eigenvalue weighted by molar-refractivity contribution is 5.64. The molecule has 6 nitrogen and oxygen atoms in total. The SMILES string of the molecule is Cc1cc(N2CCNC(C)(C)C2)nn2cc(-c3ccncc3)nc12. The van der Waals surface area contributed by atoms with E-state index >= 15 is 0 Å². The Balaban J connectivity index is 1.74. The first-order chi connectivity index (χ1) is 11.5. The number of nitrogens with one attached hydrogen (secondary N) is 1. The summed E-state index contributed by atoms with van der Waals surface area (Å²) in [5.74, 6) is 1.01. The summed E-state index contributed by atoms with van der Waals surface area (Å²) in [6, 6.07) is 6.08. The normalized spacial score (nSPS) is 17.4. The van der Waals surface area contributed by atoms with Crippen LogP contribution in [0.4, 0.5) is 5.82 Å². The zero-order valence-electron chi connectivity index (χ0n) is 14.3. The number of rotatable bonds is 2. The molecule has 1 N–H and O–H groups in total. The Morgan fingerprint density at radius 1 is 1.21 bits per heavy atom. The van der Waals surface area contributed by atoms with Gasteiger partial charge in [0.25, 0.3) is 0 Å². The van der Waals surface area contributed by atoms with E-state index in [4.69, 9.17) is 10.1 Å². The Labute approximate surface area is 141 Å². The molecule has 0 spiro atoms. The van der Waals surface area contributed by atoms with Gasteiger partial charge in [-0.2, -0.15) is 0 Å². The summed E-state index contributed by atoms with van der Waals surface area (Å²) in [6.45, 7) is 9.42. The van der Waals surface area contributed by atoms with Gasteiger partial charge in [-0.25, -0.2) is 9.50 Å². The molecule has 6 heteroatoms. The zero-order chi connectivity index (χ0) is 16.7. The number of aromatic nitrogens is 4. The molecule has 4 heterocycles. The van der Waals surface area contributed by atoms with Crippen LogP contribution in [-0.2, 0) is 0 Å². The number of piperazine rings is 1. The van der Waals surface area contributed by atoms with Crippen molar-refractivity contribution in [1.82, 2.24) is 24.9 Å². The van der Waals surface area contributed by atoms with Crippen molar-refractivity contribution < 1.29 is 0 Å². The number of imidazole rings is 1. The van der Waals surface area contributed by atoms with Crippen molar-refractivity contribution >= 4 is 11.5 Å². The fourth-order valence-electron chi connectivity index (χ4n) is 3.27. The molecule has 0 bridgehead atoms. The summed E-state index contributed by atoms with van der Waals surface area (Å²) in [5.41, 5.74) is 4.11. The van der Waals surface area contributed by atoms with Gasteiger partial charge >= 0.3 is 0 Å². The molecule has 0 aromatic carbocycles. The molecule has 124 valence electrons. The molecule has 1 aliphatic rings. The lowest BCUT2D eigenvalue weighted by Gasteiger charge is -2.39. The minimum Gasteiger partial charge on any atom is -0.352 e. The molecule has 1 aliphatic heterocycles. The number of pyridine rings is 1. The second-order valence-corrected chi connectivity index (χ2v) is 7.05. The third-order valence-corrected chi connectivity index (χ3v) is 4.47. The number of fused-ring (bicyclic) bond motifs is 1. The largest absolute Gasteiger partial charge is 0.352 e. The maximum atomic E-state index is 4.81. The summed E-state index contributed by atoms with van der Waals surface area (Å²) < 4.78 is 1.90. The van der Waals surface area contributed by atoms with Gasteiger partial charge in [-0.3, -0.25) is 4.98 Å². The first-order valence-electron chi connectivity index (χ1n) is 8.29. The van der Waals surface area contributed by atoms with Gasteiger partial charge < -0.3 is 10.2 Å². The molecular formula is C18H22N6. The molecule has 0 atom stereocenters. The summed E-state index contributed by atoms with van der Waals surface area (Å²) in [6.07, 6.45) is 5.57. The van der Waals surface area contributed by atoms with Gasteiger partial charge in [0.15, 0.2) is 5.65 Å². The highest BCUT2D eigenvalue weighted by Gasteiger charge is 2.27. The maximum Gasteiger partial charge on any atom is 0.157 e. The summed E-state index contributed by atoms with van der Waals surface area (Å²) in [4.78, 5) is 11.1. The van der Waals surface area contributed by atoms with Crippen molar-refractivity contribution in [2.24, 2.45) is 0 Å². The van der Waals surface area contributed by atoms with Gasteiger partial charge in [0.05, 0.1) is 11.9 Å². The van der Waals surface area contributed by atoms with E-state index in [1.165, 1.54) is 0 Å². The molecule has 1 fully saturated rings. The standard InChI is InChI=1S/C18H22N6/c1-13-10-16(23-9-8-20-18(2,3)12-23)22-24-11-15(21-17(13)24)14-4-6-19-7-5-14/h4-7,10-11,20H,8-9,12H2,1-3H3. The second-order valence-electron chi connectivity index (χ2n) is 7.05. The molecule has 0 saturated carbocycles. The highest BCUT2D eigenvalue weighted by Crippen LogP contribution is 2.23. The molecule has 1 saturated heterocycles. The molecule has 0 unspecified atom stereocenters. The van der Waals surface area contributed by atoms with Crippen LogP contribution < -0.4 is 10.2 Å². The van der Waals surface area contributed by atoms with E-state index in [-0.39, 0.29) is 5.54 Å². The first-order valence-corrected chi connectivity index (χ1v) is 8.29. The molecule has 3 aromatic heterocycles. The predicted octanol–water partition coefficient (Wildman–Crippen LogP) is 2.29. The van der Waals surface area contributed by atoms with Crippen molar-refractivity contribution in [2.45, 2.75) is 26.3 Å². The fourth-order valence-corrected chi connectivity index (χ4v) is 3.27. The topological polar surface area (TPSA) is 58.4 Å². The van der Waals surface area contributed by atoms with Crippen LogP contribution in [0.15, 0.2) is 36.8 Å². The number of nitrogens with zero attached hydrogens (tertiary/aromatic N) is 5. The van der Waals surface area contributed by atoms with E-state index in [1.54, 1.807) is 12.4 Å². The number of anilines is 1. The molecule has 24 heavy (non-hydrogen) atoms. The molecule has 3 aromatic rings. The van der Waals surface area contributed by atoms with Crippen LogP contribution in [0.2, 0.25) is 0 Å². The molecule has 0 amide bonds. The van der Waals surface area contributed by atoms with Gasteiger partial charge in [-0.05, 0) is 44.5 Å². The summed E-state index contributed by atoms with van der Waals surface area (Å²) in [5, 5.41) is 8.35. The Morgan fingerprint density at radius 2 is 2.00 bits per heavy atom. The quantitative estimate of drug-likeness (QED) is 0.784. The predicted molar refractivity (Wildman–Crippen MR) is 95.2 cm³/mol. The minimum absolute atomic E-state index is 0.0972. The van der Waals surface area contributed by atoms with E-state index in [1.807, 2.05) is 22.8 Å². The zero-order valence-corrected chi connectivity index (χ0v) is 14.3. The first kappa shape index (κ1) is 15.1. The lowest BCUT2D eigenvalue weighted by molar-refractivity contribution is 0.351. The highest BCUT2D eigenvalue weighted by atomic mass is 15.3. The lowest BCUT2D eigenvalue weighted by Crippen LogP contribution is -2.57. The maximum absolute atomic E-state index is 4.81. The monoisotopic (exact) mass is 322 g/mol. The van der Waals surface area contributed by atoms with Crippen molar-refractivity contribution in [3.05, 3.63) is 42.4 Å². The van der Waals surface area contributed by atoms with E-state index in [0.717, 1.165) is 47.9 Å². The number of hydrogen-bond acceptors (Lipinski definition) is 5. The Hall–Kier alpha value is -2.47. The third-order valence-electron chi connectivity index (χ3n) is 4.47. The Kier molecular flexibility index (Phi) is 3.49. The average molecular weight is 322 g/mol. The second kappa shape index (κ2) is 5.56. The van der Waals surface area contributed by atoms with Crippen molar-refractivity contribution in [1.29, 1.82) is 0 Å². The molecule has 4 rings (SSSR count). The smallest absolute Gasteiger partial charge is 0.157 e. The fraction of sp³-hybridized carbons (Fsp3) is 0.389. The van der Waals surface area contributed by atoms with E-state index in [2.05, 4.69) is 42.0 Å². The van der Waals surface area contributed by atoms with Crippen LogP contribution in [0, 0.1) is 6.92 Å². The summed E-state index contributed by atoms with van der Waals surface area (Å²) in [7, 11) is 0. The Bertz CT molecular complexity index is 868. The van der Waals surface area contributed by atoms with Crippen LogP contribution in [0.5, 0.6) is 0 Å². The van der Waals surface area contributed by atoms with E-state index < -0.39 is 0 Å². The van der Waals surface area contributed by atoms with Crippen LogP contribution in [-0.4, -0.2) is 44.8 Å². The van der Waals surface area contributed by atoms with Gasteiger partial charge in [0, 0.05) is 43.1 Å². The molecule has 0 radical (unpaired) electrons.